The molecule has 0 spiro atoms. The van der Waals surface area contributed by atoms with Crippen LogP contribution in [-0.2, 0) is 0 Å². The first-order valence-corrected chi connectivity index (χ1v) is 10.7. The largest absolute Gasteiger partial charge is 0.300 e. The molecule has 1 atom stereocenters. The SMILES string of the molecule is C=C(CCCC(CCC)N1CCCCC1)SCCCSN. The van der Waals surface area contributed by atoms with E-state index in [1.54, 1.807) is 0 Å². The van der Waals surface area contributed by atoms with Crippen LogP contribution in [0.3, 0.4) is 0 Å². The Balaban J connectivity index is 2.15. The molecule has 1 aliphatic heterocycles. The Morgan fingerprint density at radius 1 is 1.14 bits per heavy atom. The molecule has 1 aliphatic rings. The quantitative estimate of drug-likeness (QED) is 0.400. The normalized spacial score (nSPS) is 17.8. The highest BCUT2D eigenvalue weighted by atomic mass is 32.2. The lowest BCUT2D eigenvalue weighted by Gasteiger charge is -2.34. The van der Waals surface area contributed by atoms with Crippen molar-refractivity contribution >= 4 is 23.7 Å². The molecule has 0 saturated carbocycles. The second-order valence-corrected chi connectivity index (χ2v) is 8.06. The second kappa shape index (κ2) is 12.9. The van der Waals surface area contributed by atoms with Gasteiger partial charge in [0.25, 0.3) is 0 Å². The van der Waals surface area contributed by atoms with Crippen LogP contribution in [0.4, 0.5) is 0 Å². The highest BCUT2D eigenvalue weighted by molar-refractivity contribution is 8.03. The summed E-state index contributed by atoms with van der Waals surface area (Å²) in [6.45, 7) is 9.20. The van der Waals surface area contributed by atoms with Gasteiger partial charge in [-0.1, -0.05) is 38.3 Å². The number of rotatable bonds is 12. The Morgan fingerprint density at radius 3 is 2.57 bits per heavy atom. The number of thioether (sulfide) groups is 1. The van der Waals surface area contributed by atoms with Crippen molar-refractivity contribution in [1.29, 1.82) is 0 Å². The number of allylic oxidation sites excluding steroid dienone is 1. The Kier molecular flexibility index (Phi) is 11.9. The zero-order valence-electron chi connectivity index (χ0n) is 13.8. The predicted octanol–water partition coefficient (Wildman–Crippen LogP) is 5.06. The van der Waals surface area contributed by atoms with Crippen LogP contribution >= 0.6 is 23.7 Å². The van der Waals surface area contributed by atoms with E-state index in [1.807, 2.05) is 11.8 Å². The summed E-state index contributed by atoms with van der Waals surface area (Å²) >= 11 is 3.39. The van der Waals surface area contributed by atoms with Crippen molar-refractivity contribution in [2.24, 2.45) is 5.14 Å². The molecular formula is C17H34N2S2. The molecule has 0 amide bonds. The van der Waals surface area contributed by atoms with Crippen molar-refractivity contribution in [3.05, 3.63) is 11.5 Å². The maximum atomic E-state index is 5.44. The van der Waals surface area contributed by atoms with E-state index in [2.05, 4.69) is 18.4 Å². The molecule has 2 N–H and O–H groups in total. The molecular weight excluding hydrogens is 296 g/mol. The van der Waals surface area contributed by atoms with Crippen molar-refractivity contribution in [3.63, 3.8) is 0 Å². The minimum atomic E-state index is 0.821. The van der Waals surface area contributed by atoms with Crippen LogP contribution in [0.1, 0.15) is 64.7 Å². The van der Waals surface area contributed by atoms with E-state index in [0.29, 0.717) is 0 Å². The number of hydrogen-bond donors (Lipinski definition) is 1. The Labute approximate surface area is 140 Å². The second-order valence-electron chi connectivity index (χ2n) is 6.04. The first-order valence-electron chi connectivity index (χ1n) is 8.64. The lowest BCUT2D eigenvalue weighted by atomic mass is 10.00. The summed E-state index contributed by atoms with van der Waals surface area (Å²) in [6.07, 6.45) is 12.0. The Hall–Kier alpha value is 0.360. The molecule has 1 rings (SSSR count). The maximum Gasteiger partial charge on any atom is 0.00952 e. The van der Waals surface area contributed by atoms with Gasteiger partial charge in [0.15, 0.2) is 0 Å². The molecule has 1 unspecified atom stereocenters. The zero-order valence-corrected chi connectivity index (χ0v) is 15.5. The van der Waals surface area contributed by atoms with E-state index in [0.717, 1.165) is 11.8 Å². The van der Waals surface area contributed by atoms with Crippen molar-refractivity contribution in [1.82, 2.24) is 4.90 Å². The first-order chi connectivity index (χ1) is 10.3. The monoisotopic (exact) mass is 330 g/mol. The van der Waals surface area contributed by atoms with Crippen LogP contribution in [-0.4, -0.2) is 35.5 Å². The van der Waals surface area contributed by atoms with Gasteiger partial charge in [-0.15, -0.1) is 11.8 Å². The molecule has 1 saturated heterocycles. The number of piperidine rings is 1. The summed E-state index contributed by atoms with van der Waals surface area (Å²) in [5, 5.41) is 5.44. The van der Waals surface area contributed by atoms with Crippen LogP contribution in [0.2, 0.25) is 0 Å². The molecule has 4 heteroatoms. The summed E-state index contributed by atoms with van der Waals surface area (Å²) in [6, 6.07) is 0.821. The third-order valence-electron chi connectivity index (χ3n) is 4.23. The van der Waals surface area contributed by atoms with Crippen LogP contribution in [0.5, 0.6) is 0 Å². The number of hydrogen-bond acceptors (Lipinski definition) is 4. The molecule has 0 aromatic heterocycles. The van der Waals surface area contributed by atoms with Crippen molar-refractivity contribution < 1.29 is 0 Å². The number of nitrogens with two attached hydrogens (primary N) is 1. The van der Waals surface area contributed by atoms with Gasteiger partial charge in [-0.05, 0) is 68.7 Å². The standard InChI is InChI=1S/C17H34N2S2/c1-3-9-17(19-12-5-4-6-13-19)11-7-10-16(2)20-14-8-15-21-18/h17H,2-15,18H2,1H3. The van der Waals surface area contributed by atoms with Gasteiger partial charge in [-0.3, -0.25) is 5.14 Å². The van der Waals surface area contributed by atoms with Gasteiger partial charge in [0.1, 0.15) is 0 Å². The van der Waals surface area contributed by atoms with Crippen LogP contribution in [0, 0.1) is 0 Å². The first kappa shape index (κ1) is 19.4. The molecule has 21 heavy (non-hydrogen) atoms. The topological polar surface area (TPSA) is 29.3 Å². The van der Waals surface area contributed by atoms with Gasteiger partial charge in [-0.25, -0.2) is 0 Å². The number of nitrogens with zero attached hydrogens (tertiary/aromatic N) is 1. The lowest BCUT2D eigenvalue weighted by Crippen LogP contribution is -2.39. The average molecular weight is 331 g/mol. The van der Waals surface area contributed by atoms with Crippen molar-refractivity contribution in [2.45, 2.75) is 70.8 Å². The molecule has 124 valence electrons. The van der Waals surface area contributed by atoms with E-state index in [-0.39, 0.29) is 0 Å². The Morgan fingerprint density at radius 2 is 1.90 bits per heavy atom. The minimum absolute atomic E-state index is 0.821. The molecule has 0 aliphatic carbocycles. The van der Waals surface area contributed by atoms with Crippen LogP contribution in [0.15, 0.2) is 11.5 Å². The van der Waals surface area contributed by atoms with Gasteiger partial charge >= 0.3 is 0 Å². The smallest absolute Gasteiger partial charge is 0.00952 e. The molecule has 1 heterocycles. The fraction of sp³-hybridized carbons (Fsp3) is 0.882. The summed E-state index contributed by atoms with van der Waals surface area (Å²) in [5.41, 5.74) is 0. The van der Waals surface area contributed by atoms with Crippen LogP contribution in [0.25, 0.3) is 0 Å². The highest BCUT2D eigenvalue weighted by Gasteiger charge is 2.19. The van der Waals surface area contributed by atoms with E-state index >= 15 is 0 Å². The van der Waals surface area contributed by atoms with Gasteiger partial charge < -0.3 is 4.90 Å². The Bertz CT molecular complexity index is 266. The summed E-state index contributed by atoms with van der Waals surface area (Å²) in [5.74, 6) is 2.24. The van der Waals surface area contributed by atoms with Crippen LogP contribution < -0.4 is 5.14 Å². The van der Waals surface area contributed by atoms with Gasteiger partial charge in [0.05, 0.1) is 0 Å². The van der Waals surface area contributed by atoms with Crippen molar-refractivity contribution in [3.8, 4) is 0 Å². The van der Waals surface area contributed by atoms with Crippen molar-refractivity contribution in [2.75, 3.05) is 24.6 Å². The van der Waals surface area contributed by atoms with E-state index < -0.39 is 0 Å². The summed E-state index contributed by atoms with van der Waals surface area (Å²) < 4.78 is 0. The molecule has 0 bridgehead atoms. The van der Waals surface area contributed by atoms with E-state index in [1.165, 1.54) is 93.5 Å². The highest BCUT2D eigenvalue weighted by Crippen LogP contribution is 2.24. The summed E-state index contributed by atoms with van der Waals surface area (Å²) in [7, 11) is 0. The molecule has 2 nitrogen and oxygen atoms in total. The third kappa shape index (κ3) is 9.17. The number of likely N-dealkylation sites (tertiary alicyclic amines) is 1. The predicted molar refractivity (Wildman–Crippen MR) is 101 cm³/mol. The fourth-order valence-corrected chi connectivity index (χ4v) is 4.45. The van der Waals surface area contributed by atoms with Gasteiger partial charge in [0, 0.05) is 11.8 Å². The van der Waals surface area contributed by atoms with Gasteiger partial charge in [0.2, 0.25) is 0 Å². The minimum Gasteiger partial charge on any atom is -0.300 e. The molecule has 0 aromatic rings. The van der Waals surface area contributed by atoms with E-state index in [9.17, 15) is 0 Å². The molecule has 1 fully saturated rings. The fourth-order valence-electron chi connectivity index (χ4n) is 3.09. The maximum absolute atomic E-state index is 5.44. The molecule has 0 radical (unpaired) electrons. The third-order valence-corrected chi connectivity index (χ3v) is 5.86. The lowest BCUT2D eigenvalue weighted by molar-refractivity contribution is 0.145. The van der Waals surface area contributed by atoms with E-state index in [4.69, 9.17) is 5.14 Å². The van der Waals surface area contributed by atoms with Gasteiger partial charge in [-0.2, -0.15) is 0 Å². The summed E-state index contributed by atoms with van der Waals surface area (Å²) in [4.78, 5) is 4.12. The zero-order chi connectivity index (χ0) is 15.3. The molecule has 0 aromatic carbocycles. The average Bonchev–Trinajstić information content (AvgIpc) is 2.51.